The van der Waals surface area contributed by atoms with Crippen LogP contribution in [0.1, 0.15) is 34.3 Å². The number of alkyl halides is 1. The number of nitrogens with zero attached hydrogens (tertiary/aromatic N) is 2. The number of halogens is 1. The molecule has 3 unspecified atom stereocenters. The van der Waals surface area contributed by atoms with Crippen molar-refractivity contribution in [3.63, 3.8) is 0 Å². The average molecular weight is 392 g/mol. The van der Waals surface area contributed by atoms with Crippen molar-refractivity contribution in [3.8, 4) is 0 Å². The highest BCUT2D eigenvalue weighted by atomic mass is 35.5. The van der Waals surface area contributed by atoms with Crippen LogP contribution in [-0.4, -0.2) is 25.4 Å². The van der Waals surface area contributed by atoms with Gasteiger partial charge in [0.2, 0.25) is 0 Å². The predicted octanol–water partition coefficient (Wildman–Crippen LogP) is 3.64. The van der Waals surface area contributed by atoms with Gasteiger partial charge >= 0.3 is 0 Å². The fourth-order valence-electron chi connectivity index (χ4n) is 4.09. The number of imidazole rings is 1. The fourth-order valence-corrected chi connectivity index (χ4v) is 4.37. The molecule has 0 saturated carbocycles. The lowest BCUT2D eigenvalue weighted by Crippen LogP contribution is -2.45. The summed E-state index contributed by atoms with van der Waals surface area (Å²) in [7, 11) is 0. The number of carbonyl (C=O) groups is 1. The molecule has 0 radical (unpaired) electrons. The van der Waals surface area contributed by atoms with E-state index in [-0.39, 0.29) is 11.8 Å². The van der Waals surface area contributed by atoms with Crippen LogP contribution in [0.3, 0.4) is 0 Å². The van der Waals surface area contributed by atoms with E-state index in [0.29, 0.717) is 11.1 Å². The Morgan fingerprint density at radius 2 is 2.04 bits per heavy atom. The van der Waals surface area contributed by atoms with Gasteiger partial charge in [-0.1, -0.05) is 48.6 Å². The second-order valence-corrected chi connectivity index (χ2v) is 8.22. The number of para-hydroxylation sites is 2. The minimum Gasteiger partial charge on any atom is -0.350 e. The van der Waals surface area contributed by atoms with Gasteiger partial charge in [-0.05, 0) is 30.7 Å². The lowest BCUT2D eigenvalue weighted by molar-refractivity contribution is -0.0109. The normalized spacial score (nSPS) is 28.5. The molecule has 6 heteroatoms. The van der Waals surface area contributed by atoms with Gasteiger partial charge in [0.15, 0.2) is 0 Å². The summed E-state index contributed by atoms with van der Waals surface area (Å²) in [6.07, 6.45) is 9.39. The zero-order valence-electron chi connectivity index (χ0n) is 15.1. The molecule has 1 amide bonds. The van der Waals surface area contributed by atoms with Crippen molar-refractivity contribution in [1.82, 2.24) is 14.9 Å². The number of carbonyl (C=O) groups excluding carboxylic acids is 1. The summed E-state index contributed by atoms with van der Waals surface area (Å²) in [6.45, 7) is 1.94. The molecule has 2 N–H and O–H groups in total. The molecule has 0 spiro atoms. The predicted molar refractivity (Wildman–Crippen MR) is 108 cm³/mol. The van der Waals surface area contributed by atoms with Gasteiger partial charge in [0, 0.05) is 17.0 Å². The Hall–Kier alpha value is -2.89. The molecule has 2 aromatic carbocycles. The van der Waals surface area contributed by atoms with Gasteiger partial charge in [-0.15, -0.1) is 11.6 Å². The summed E-state index contributed by atoms with van der Waals surface area (Å²) in [5.41, 5.74) is 3.33. The van der Waals surface area contributed by atoms with Gasteiger partial charge in [-0.25, -0.2) is 4.98 Å². The first kappa shape index (κ1) is 17.2. The van der Waals surface area contributed by atoms with Crippen LogP contribution in [-0.2, 0) is 5.85 Å². The van der Waals surface area contributed by atoms with Crippen molar-refractivity contribution >= 4 is 28.5 Å². The molecule has 3 atom stereocenters. The third-order valence-corrected chi connectivity index (χ3v) is 5.92. The minimum absolute atomic E-state index is 0.0694. The van der Waals surface area contributed by atoms with E-state index in [4.69, 9.17) is 11.6 Å². The number of hydrogen-bond donors (Lipinski definition) is 2. The number of rotatable bonds is 2. The van der Waals surface area contributed by atoms with Crippen LogP contribution in [0.5, 0.6) is 0 Å². The molecule has 2 aliphatic rings. The van der Waals surface area contributed by atoms with Crippen LogP contribution >= 0.6 is 11.6 Å². The van der Waals surface area contributed by atoms with E-state index in [0.717, 1.165) is 16.6 Å². The second-order valence-electron chi connectivity index (χ2n) is 7.41. The van der Waals surface area contributed by atoms with Crippen LogP contribution in [0, 0.1) is 0 Å². The fraction of sp³-hybridized carbons (Fsp3) is 0.182. The molecule has 0 saturated heterocycles. The first-order valence-corrected chi connectivity index (χ1v) is 9.45. The summed E-state index contributed by atoms with van der Waals surface area (Å²) in [5, 5.41) is 14.1. The van der Waals surface area contributed by atoms with E-state index in [2.05, 4.69) is 10.3 Å². The van der Waals surface area contributed by atoms with Crippen molar-refractivity contribution in [2.24, 2.45) is 0 Å². The molecule has 0 fully saturated rings. The molecule has 5 rings (SSSR count). The van der Waals surface area contributed by atoms with Crippen LogP contribution in [0.2, 0.25) is 0 Å². The molecule has 3 aromatic rings. The van der Waals surface area contributed by atoms with Gasteiger partial charge in [-0.2, -0.15) is 0 Å². The number of allylic oxidation sites excluding steroid dienone is 4. The Kier molecular flexibility index (Phi) is 3.57. The Morgan fingerprint density at radius 1 is 1.21 bits per heavy atom. The molecule has 28 heavy (non-hydrogen) atoms. The Morgan fingerprint density at radius 3 is 2.86 bits per heavy atom. The number of fused-ring (bicyclic) bond motifs is 2. The molecule has 0 bridgehead atoms. The summed E-state index contributed by atoms with van der Waals surface area (Å²) in [6, 6.07) is 13.0. The van der Waals surface area contributed by atoms with Gasteiger partial charge in [0.1, 0.15) is 0 Å². The zero-order chi connectivity index (χ0) is 19.5. The summed E-state index contributed by atoms with van der Waals surface area (Å²) < 4.78 is 1.58. The van der Waals surface area contributed by atoms with Gasteiger partial charge in [0.25, 0.3) is 11.8 Å². The van der Waals surface area contributed by atoms with E-state index in [1.165, 1.54) is 0 Å². The first-order chi connectivity index (χ1) is 13.4. The van der Waals surface area contributed by atoms with E-state index >= 15 is 0 Å². The highest BCUT2D eigenvalue weighted by molar-refractivity contribution is 6.26. The smallest absolute Gasteiger partial charge is 0.255 e. The SMILES string of the molecule is CC1(Cl)C=CC=CC1c1ccc2c(c1)C(=O)NC2(O)n1cnc2ccccc21. The maximum atomic E-state index is 12.7. The standard InChI is InChI=1S/C22H18ClN3O2/c1-21(23)11-5-4-6-16(21)14-9-10-17-15(12-14)20(27)25-22(17,28)26-13-24-18-7-2-3-8-19(18)26/h2-13,16,28H,1H3,(H,25,27). The topological polar surface area (TPSA) is 67.2 Å². The Bertz CT molecular complexity index is 1180. The first-order valence-electron chi connectivity index (χ1n) is 9.07. The zero-order valence-corrected chi connectivity index (χ0v) is 15.9. The number of aliphatic hydroxyl groups is 1. The lowest BCUT2D eigenvalue weighted by Gasteiger charge is -2.30. The molecule has 140 valence electrons. The Balaban J connectivity index is 1.63. The van der Waals surface area contributed by atoms with Crippen molar-refractivity contribution in [2.45, 2.75) is 23.6 Å². The number of amides is 1. The van der Waals surface area contributed by atoms with E-state index in [1.807, 2.05) is 67.6 Å². The van der Waals surface area contributed by atoms with Crippen molar-refractivity contribution < 1.29 is 9.90 Å². The third-order valence-electron chi connectivity index (χ3n) is 5.56. The van der Waals surface area contributed by atoms with E-state index in [1.54, 1.807) is 17.0 Å². The van der Waals surface area contributed by atoms with Crippen LogP contribution in [0.4, 0.5) is 0 Å². The van der Waals surface area contributed by atoms with Gasteiger partial charge in [0.05, 0.1) is 22.2 Å². The van der Waals surface area contributed by atoms with Gasteiger partial charge in [-0.3, -0.25) is 9.36 Å². The van der Waals surface area contributed by atoms with Crippen molar-refractivity contribution in [2.75, 3.05) is 0 Å². The summed E-state index contributed by atoms with van der Waals surface area (Å²) >= 11 is 6.66. The monoisotopic (exact) mass is 391 g/mol. The molecule has 2 heterocycles. The molecular weight excluding hydrogens is 374 g/mol. The highest BCUT2D eigenvalue weighted by Crippen LogP contribution is 2.41. The quantitative estimate of drug-likeness (QED) is 0.655. The number of aromatic nitrogens is 2. The molecule has 1 aromatic heterocycles. The number of benzene rings is 2. The van der Waals surface area contributed by atoms with Crippen LogP contribution in [0.25, 0.3) is 11.0 Å². The van der Waals surface area contributed by atoms with E-state index < -0.39 is 10.7 Å². The van der Waals surface area contributed by atoms with Crippen molar-refractivity contribution in [1.29, 1.82) is 0 Å². The van der Waals surface area contributed by atoms with Crippen LogP contribution in [0.15, 0.2) is 73.1 Å². The molecular formula is C22H18ClN3O2. The van der Waals surface area contributed by atoms with E-state index in [9.17, 15) is 9.90 Å². The van der Waals surface area contributed by atoms with Gasteiger partial charge < -0.3 is 10.4 Å². The molecule has 1 aliphatic carbocycles. The maximum absolute atomic E-state index is 12.7. The number of nitrogens with one attached hydrogen (secondary N) is 1. The largest absolute Gasteiger partial charge is 0.350 e. The molecule has 5 nitrogen and oxygen atoms in total. The summed E-state index contributed by atoms with van der Waals surface area (Å²) in [5.74, 6) is -2.09. The minimum atomic E-state index is -1.69. The Labute approximate surface area is 167 Å². The van der Waals surface area contributed by atoms with Crippen LogP contribution < -0.4 is 5.32 Å². The highest BCUT2D eigenvalue weighted by Gasteiger charge is 2.44. The third kappa shape index (κ3) is 2.37. The molecule has 1 aliphatic heterocycles. The maximum Gasteiger partial charge on any atom is 0.255 e. The average Bonchev–Trinajstić information content (AvgIpc) is 3.21. The second kappa shape index (κ2) is 5.80. The number of hydrogen-bond acceptors (Lipinski definition) is 3. The summed E-state index contributed by atoms with van der Waals surface area (Å²) in [4.78, 5) is 16.5. The lowest BCUT2D eigenvalue weighted by atomic mass is 9.82. The van der Waals surface area contributed by atoms with Crippen molar-refractivity contribution in [3.05, 3.63) is 89.8 Å².